The van der Waals surface area contributed by atoms with E-state index in [-0.39, 0.29) is 0 Å². The Labute approximate surface area is 95.5 Å². The molecule has 4 nitrogen and oxygen atoms in total. The van der Waals surface area contributed by atoms with Crippen molar-refractivity contribution in [3.63, 3.8) is 0 Å². The molecule has 0 atom stereocenters. The number of pyridine rings is 1. The molecule has 0 aliphatic carbocycles. The first-order valence-electron chi connectivity index (χ1n) is 5.48. The van der Waals surface area contributed by atoms with Gasteiger partial charge < -0.3 is 0 Å². The number of hydrogen-bond acceptors (Lipinski definition) is 3. The summed E-state index contributed by atoms with van der Waals surface area (Å²) in [7, 11) is 1.85. The van der Waals surface area contributed by atoms with Gasteiger partial charge in [0.15, 0.2) is 5.65 Å². The van der Waals surface area contributed by atoms with Crippen LogP contribution in [0.3, 0.4) is 0 Å². The number of nitrogens with zero attached hydrogens (tertiary/aromatic N) is 4. The van der Waals surface area contributed by atoms with Gasteiger partial charge in [-0.05, 0) is 12.5 Å². The van der Waals surface area contributed by atoms with Gasteiger partial charge in [0, 0.05) is 12.4 Å². The number of rotatable bonds is 1. The second-order valence-corrected chi connectivity index (χ2v) is 3.13. The first-order valence-corrected chi connectivity index (χ1v) is 5.48. The molecule has 2 aromatic heterocycles. The van der Waals surface area contributed by atoms with Gasteiger partial charge in [0.05, 0.1) is 17.5 Å². The standard InChI is InChI=1S/C10H10N4.C2H6/c1-3-9-7(5-11)4-8-6-12-14(2)10(8)13-9;1-2/h4,6H,3H2,1-2H3;1-2H3. The molecule has 0 unspecified atom stereocenters. The molecule has 2 heterocycles. The van der Waals surface area contributed by atoms with Crippen molar-refractivity contribution in [3.8, 4) is 6.07 Å². The Bertz CT molecular complexity index is 520. The molecule has 0 N–H and O–H groups in total. The third-order valence-electron chi connectivity index (χ3n) is 2.24. The minimum absolute atomic E-state index is 0.646. The van der Waals surface area contributed by atoms with Crippen molar-refractivity contribution in [1.29, 1.82) is 5.26 Å². The zero-order valence-corrected chi connectivity index (χ0v) is 10.2. The first-order chi connectivity index (χ1) is 7.76. The van der Waals surface area contributed by atoms with Crippen molar-refractivity contribution in [2.75, 3.05) is 0 Å². The van der Waals surface area contributed by atoms with E-state index in [9.17, 15) is 0 Å². The van der Waals surface area contributed by atoms with E-state index in [4.69, 9.17) is 5.26 Å². The van der Waals surface area contributed by atoms with Gasteiger partial charge in [-0.2, -0.15) is 10.4 Å². The summed E-state index contributed by atoms with van der Waals surface area (Å²) < 4.78 is 1.72. The number of nitriles is 1. The molecular formula is C12H16N4. The van der Waals surface area contributed by atoms with E-state index in [0.717, 1.165) is 23.1 Å². The molecular weight excluding hydrogens is 200 g/mol. The van der Waals surface area contributed by atoms with E-state index in [1.807, 2.05) is 33.9 Å². The summed E-state index contributed by atoms with van der Waals surface area (Å²) in [5, 5.41) is 13.9. The van der Waals surface area contributed by atoms with E-state index in [0.29, 0.717) is 5.56 Å². The van der Waals surface area contributed by atoms with Crippen molar-refractivity contribution in [1.82, 2.24) is 14.8 Å². The van der Waals surface area contributed by atoms with Crippen LogP contribution >= 0.6 is 0 Å². The summed E-state index contributed by atoms with van der Waals surface area (Å²) in [6.07, 6.45) is 2.49. The van der Waals surface area contributed by atoms with Crippen LogP contribution in [0.25, 0.3) is 11.0 Å². The van der Waals surface area contributed by atoms with E-state index in [2.05, 4.69) is 16.2 Å². The number of aromatic nitrogens is 3. The van der Waals surface area contributed by atoms with Gasteiger partial charge in [-0.25, -0.2) is 4.98 Å². The van der Waals surface area contributed by atoms with Crippen LogP contribution in [0.4, 0.5) is 0 Å². The predicted octanol–water partition coefficient (Wildman–Crippen LogP) is 2.43. The Kier molecular flexibility index (Phi) is 4.01. The van der Waals surface area contributed by atoms with Crippen LogP contribution in [0.2, 0.25) is 0 Å². The van der Waals surface area contributed by atoms with Crippen LogP contribution in [0.1, 0.15) is 32.0 Å². The summed E-state index contributed by atoms with van der Waals surface area (Å²) in [6.45, 7) is 5.99. The molecule has 0 saturated heterocycles. The molecule has 0 spiro atoms. The zero-order valence-electron chi connectivity index (χ0n) is 10.2. The Morgan fingerprint density at radius 1 is 1.44 bits per heavy atom. The first kappa shape index (κ1) is 12.2. The van der Waals surface area contributed by atoms with E-state index in [1.165, 1.54) is 0 Å². The fraction of sp³-hybridized carbons (Fsp3) is 0.417. The lowest BCUT2D eigenvalue weighted by Gasteiger charge is -2.00. The third-order valence-corrected chi connectivity index (χ3v) is 2.24. The van der Waals surface area contributed by atoms with Gasteiger partial charge in [0.2, 0.25) is 0 Å². The normalized spacial score (nSPS) is 9.44. The molecule has 2 aromatic rings. The van der Waals surface area contributed by atoms with Crippen LogP contribution in [0.5, 0.6) is 0 Å². The smallest absolute Gasteiger partial charge is 0.157 e. The van der Waals surface area contributed by atoms with E-state index >= 15 is 0 Å². The van der Waals surface area contributed by atoms with Crippen molar-refractivity contribution < 1.29 is 0 Å². The van der Waals surface area contributed by atoms with Crippen molar-refractivity contribution in [2.24, 2.45) is 7.05 Å². The molecule has 0 fully saturated rings. The molecule has 0 radical (unpaired) electrons. The average Bonchev–Trinajstić information content (AvgIpc) is 2.71. The van der Waals surface area contributed by atoms with Gasteiger partial charge >= 0.3 is 0 Å². The maximum atomic E-state index is 8.90. The number of hydrogen-bond donors (Lipinski definition) is 0. The topological polar surface area (TPSA) is 54.5 Å². The fourth-order valence-corrected chi connectivity index (χ4v) is 1.48. The van der Waals surface area contributed by atoms with Gasteiger partial charge in [0.25, 0.3) is 0 Å². The minimum atomic E-state index is 0.646. The highest BCUT2D eigenvalue weighted by molar-refractivity contribution is 5.76. The quantitative estimate of drug-likeness (QED) is 0.735. The van der Waals surface area contributed by atoms with Gasteiger partial charge in [-0.3, -0.25) is 4.68 Å². The van der Waals surface area contributed by atoms with Crippen molar-refractivity contribution >= 4 is 11.0 Å². The second kappa shape index (κ2) is 5.26. The molecule has 0 aromatic carbocycles. The summed E-state index contributed by atoms with van der Waals surface area (Å²) in [4.78, 5) is 4.40. The molecule has 2 rings (SSSR count). The van der Waals surface area contributed by atoms with E-state index in [1.54, 1.807) is 10.9 Å². The van der Waals surface area contributed by atoms with Gasteiger partial charge in [-0.15, -0.1) is 0 Å². The van der Waals surface area contributed by atoms with Crippen molar-refractivity contribution in [2.45, 2.75) is 27.2 Å². The lowest BCUT2D eigenvalue weighted by Crippen LogP contribution is -1.97. The monoisotopic (exact) mass is 216 g/mol. The van der Waals surface area contributed by atoms with Crippen LogP contribution in [0.15, 0.2) is 12.3 Å². The molecule has 16 heavy (non-hydrogen) atoms. The van der Waals surface area contributed by atoms with Crippen molar-refractivity contribution in [3.05, 3.63) is 23.5 Å². The molecule has 0 aliphatic heterocycles. The Morgan fingerprint density at radius 2 is 2.12 bits per heavy atom. The summed E-state index contributed by atoms with van der Waals surface area (Å²) >= 11 is 0. The lowest BCUT2D eigenvalue weighted by atomic mass is 10.1. The summed E-state index contributed by atoms with van der Waals surface area (Å²) in [5.41, 5.74) is 2.32. The minimum Gasteiger partial charge on any atom is -0.250 e. The van der Waals surface area contributed by atoms with Crippen LogP contribution in [0, 0.1) is 11.3 Å². The molecule has 0 bridgehead atoms. The summed E-state index contributed by atoms with van der Waals surface area (Å²) in [5.74, 6) is 0. The lowest BCUT2D eigenvalue weighted by molar-refractivity contribution is 0.783. The summed E-state index contributed by atoms with van der Waals surface area (Å²) in [6, 6.07) is 3.99. The number of aryl methyl sites for hydroxylation is 2. The van der Waals surface area contributed by atoms with Crippen LogP contribution in [-0.4, -0.2) is 14.8 Å². The Balaban J connectivity index is 0.000000606. The maximum Gasteiger partial charge on any atom is 0.157 e. The molecule has 84 valence electrons. The largest absolute Gasteiger partial charge is 0.250 e. The SMILES string of the molecule is CC.CCc1nc2c(cnn2C)cc1C#N. The third kappa shape index (κ3) is 2.03. The highest BCUT2D eigenvalue weighted by Crippen LogP contribution is 2.15. The van der Waals surface area contributed by atoms with Gasteiger partial charge in [0.1, 0.15) is 6.07 Å². The van der Waals surface area contributed by atoms with Gasteiger partial charge in [-0.1, -0.05) is 20.8 Å². The van der Waals surface area contributed by atoms with E-state index < -0.39 is 0 Å². The van der Waals surface area contributed by atoms with Crippen LogP contribution in [-0.2, 0) is 13.5 Å². The predicted molar refractivity (Wildman–Crippen MR) is 64.0 cm³/mol. The zero-order chi connectivity index (χ0) is 12.1. The highest BCUT2D eigenvalue weighted by atomic mass is 15.3. The maximum absolute atomic E-state index is 8.90. The Hall–Kier alpha value is -1.89. The molecule has 0 saturated carbocycles. The highest BCUT2D eigenvalue weighted by Gasteiger charge is 2.07. The number of fused-ring (bicyclic) bond motifs is 1. The Morgan fingerprint density at radius 3 is 2.69 bits per heavy atom. The average molecular weight is 216 g/mol. The molecule has 0 amide bonds. The second-order valence-electron chi connectivity index (χ2n) is 3.13. The molecule has 0 aliphatic rings. The fourth-order valence-electron chi connectivity index (χ4n) is 1.48. The molecule has 4 heteroatoms. The van der Waals surface area contributed by atoms with Crippen LogP contribution < -0.4 is 0 Å².